The summed E-state index contributed by atoms with van der Waals surface area (Å²) in [6.45, 7) is 6.13. The van der Waals surface area contributed by atoms with E-state index in [1.165, 1.54) is 17.6 Å². The molecule has 2 aromatic carbocycles. The molecule has 0 spiro atoms. The van der Waals surface area contributed by atoms with Crippen LogP contribution in [0.4, 0.5) is 15.8 Å². The number of fused-ring (bicyclic) bond motifs is 1. The monoisotopic (exact) mass is 491 g/mol. The number of aromatic nitrogens is 3. The lowest BCUT2D eigenvalue weighted by Crippen LogP contribution is -2.54. The largest absolute Gasteiger partial charge is 0.504 e. The molecule has 0 bridgehead atoms. The average Bonchev–Trinajstić information content (AvgIpc) is 3.38. The summed E-state index contributed by atoms with van der Waals surface area (Å²) < 4.78 is 14.8. The number of hydrogen-bond acceptors (Lipinski definition) is 9. The van der Waals surface area contributed by atoms with Crippen LogP contribution in [0.2, 0.25) is 0 Å². The van der Waals surface area contributed by atoms with Gasteiger partial charge in [-0.2, -0.15) is 0 Å². The predicted molar refractivity (Wildman–Crippen MR) is 140 cm³/mol. The zero-order chi connectivity index (χ0) is 24.7. The van der Waals surface area contributed by atoms with Gasteiger partial charge in [-0.05, 0) is 38.1 Å². The van der Waals surface area contributed by atoms with Gasteiger partial charge in [0.2, 0.25) is 0 Å². The summed E-state index contributed by atoms with van der Waals surface area (Å²) in [5, 5.41) is 17.6. The molecule has 1 fully saturated rings. The van der Waals surface area contributed by atoms with Crippen molar-refractivity contribution in [3.05, 3.63) is 47.2 Å². The van der Waals surface area contributed by atoms with E-state index in [0.717, 1.165) is 24.2 Å². The Morgan fingerprint density at radius 2 is 2.00 bits per heavy atom. The van der Waals surface area contributed by atoms with Crippen molar-refractivity contribution in [1.82, 2.24) is 20.3 Å². The third kappa shape index (κ3) is 4.30. The molecule has 1 aliphatic heterocycles. The highest BCUT2D eigenvalue weighted by Crippen LogP contribution is 2.38. The number of anilines is 2. The molecule has 2 aromatic heterocycles. The Balaban J connectivity index is 1.70. The molecule has 10 heteroatoms. The minimum Gasteiger partial charge on any atom is -0.504 e. The quantitative estimate of drug-likeness (QED) is 0.291. The van der Waals surface area contributed by atoms with Crippen molar-refractivity contribution in [2.75, 3.05) is 30.8 Å². The Morgan fingerprint density at radius 3 is 2.69 bits per heavy atom. The summed E-state index contributed by atoms with van der Waals surface area (Å²) in [4.78, 5) is 20.2. The summed E-state index contributed by atoms with van der Waals surface area (Å²) in [6, 6.07) is 8.34. The fourth-order valence-corrected chi connectivity index (χ4v) is 5.20. The molecule has 2 unspecified atom stereocenters. The number of nitrogens with two attached hydrogens (primary N) is 1. The second-order valence-electron chi connectivity index (χ2n) is 8.79. The van der Waals surface area contributed by atoms with Crippen molar-refractivity contribution in [3.63, 3.8) is 0 Å². The first-order chi connectivity index (χ1) is 16.9. The Hall–Kier alpha value is -3.63. The summed E-state index contributed by atoms with van der Waals surface area (Å²) in [7, 11) is 1.56. The van der Waals surface area contributed by atoms with Crippen molar-refractivity contribution in [2.24, 2.45) is 4.99 Å². The molecule has 1 saturated heterocycles. The fraction of sp³-hybridized carbons (Fsp3) is 0.280. The number of nitrogens with zero attached hydrogens (tertiary/aromatic N) is 5. The number of hydrogen-bond donors (Lipinski definition) is 3. The Kier molecular flexibility index (Phi) is 6.08. The molecule has 8 nitrogen and oxygen atoms in total. The van der Waals surface area contributed by atoms with Gasteiger partial charge in [-0.1, -0.05) is 0 Å². The van der Waals surface area contributed by atoms with Crippen LogP contribution in [-0.4, -0.2) is 58.5 Å². The first-order valence-corrected chi connectivity index (χ1v) is 12.2. The van der Waals surface area contributed by atoms with E-state index in [1.54, 1.807) is 19.3 Å². The van der Waals surface area contributed by atoms with Gasteiger partial charge in [0.1, 0.15) is 10.7 Å². The van der Waals surface area contributed by atoms with E-state index in [9.17, 15) is 9.50 Å². The SMILES string of the molecule is CN=Cc1cc(-c2nc(-c3nccs3)c3cc(N4CC(C)NC(C)C4)ccc3n2)c(O)c(F)c1N. The number of thiazole rings is 1. The van der Waals surface area contributed by atoms with Crippen molar-refractivity contribution in [2.45, 2.75) is 25.9 Å². The Morgan fingerprint density at radius 1 is 1.23 bits per heavy atom. The number of aliphatic imine (C=N–C) groups is 1. The second kappa shape index (κ2) is 9.20. The van der Waals surface area contributed by atoms with Gasteiger partial charge in [0, 0.05) is 66.6 Å². The van der Waals surface area contributed by atoms with Crippen LogP contribution in [0.3, 0.4) is 0 Å². The van der Waals surface area contributed by atoms with Crippen LogP contribution in [0.1, 0.15) is 19.4 Å². The summed E-state index contributed by atoms with van der Waals surface area (Å²) in [5.74, 6) is -1.34. The van der Waals surface area contributed by atoms with Crippen molar-refractivity contribution in [1.29, 1.82) is 0 Å². The maximum Gasteiger partial charge on any atom is 0.189 e. The van der Waals surface area contributed by atoms with E-state index in [1.807, 2.05) is 17.5 Å². The van der Waals surface area contributed by atoms with Crippen molar-refractivity contribution < 1.29 is 9.50 Å². The molecule has 4 N–H and O–H groups in total. The first kappa shape index (κ1) is 23.1. The van der Waals surface area contributed by atoms with Gasteiger partial charge in [-0.25, -0.2) is 19.3 Å². The molecule has 3 heterocycles. The molecule has 5 rings (SSSR count). The molecule has 0 amide bonds. The summed E-state index contributed by atoms with van der Waals surface area (Å²) in [6.07, 6.45) is 3.15. The van der Waals surface area contributed by atoms with Crippen LogP contribution in [0.25, 0.3) is 33.0 Å². The van der Waals surface area contributed by atoms with Crippen molar-refractivity contribution in [3.8, 4) is 27.8 Å². The number of benzene rings is 2. The van der Waals surface area contributed by atoms with Crippen LogP contribution < -0.4 is 16.0 Å². The minimum atomic E-state index is -0.922. The smallest absolute Gasteiger partial charge is 0.189 e. The number of phenolic OH excluding ortho intramolecular Hbond substituents is 1. The first-order valence-electron chi connectivity index (χ1n) is 11.3. The normalized spacial score (nSPS) is 18.6. The molecule has 0 radical (unpaired) electrons. The summed E-state index contributed by atoms with van der Waals surface area (Å²) >= 11 is 1.46. The van der Waals surface area contributed by atoms with Gasteiger partial charge in [0.15, 0.2) is 17.4 Å². The zero-order valence-electron chi connectivity index (χ0n) is 19.7. The molecule has 0 aliphatic carbocycles. The molecule has 0 saturated carbocycles. The molecular weight excluding hydrogens is 465 g/mol. The van der Waals surface area contributed by atoms with Crippen LogP contribution in [-0.2, 0) is 0 Å². The van der Waals surface area contributed by atoms with Crippen LogP contribution in [0.5, 0.6) is 5.75 Å². The van der Waals surface area contributed by atoms with Gasteiger partial charge in [-0.15, -0.1) is 11.3 Å². The molecule has 2 atom stereocenters. The van der Waals surface area contributed by atoms with E-state index in [2.05, 4.69) is 45.1 Å². The Labute approximate surface area is 206 Å². The van der Waals surface area contributed by atoms with E-state index in [4.69, 9.17) is 10.7 Å². The second-order valence-corrected chi connectivity index (χ2v) is 9.68. The third-order valence-electron chi connectivity index (χ3n) is 6.06. The molecule has 35 heavy (non-hydrogen) atoms. The number of halogens is 1. The number of aromatic hydroxyl groups is 1. The number of piperazine rings is 1. The zero-order valence-corrected chi connectivity index (χ0v) is 20.5. The van der Waals surface area contributed by atoms with E-state index in [-0.39, 0.29) is 17.1 Å². The number of nitrogen functional groups attached to an aromatic ring is 1. The van der Waals surface area contributed by atoms with Gasteiger partial charge < -0.3 is 21.1 Å². The summed E-state index contributed by atoms with van der Waals surface area (Å²) in [5.41, 5.74) is 8.51. The molecule has 1 aliphatic rings. The van der Waals surface area contributed by atoms with Crippen LogP contribution >= 0.6 is 11.3 Å². The number of phenols is 1. The van der Waals surface area contributed by atoms with E-state index in [0.29, 0.717) is 33.9 Å². The van der Waals surface area contributed by atoms with Crippen LogP contribution in [0.15, 0.2) is 40.8 Å². The number of rotatable bonds is 4. The minimum absolute atomic E-state index is 0.139. The lowest BCUT2D eigenvalue weighted by atomic mass is 10.0. The molecular formula is C25H26FN7OS. The highest BCUT2D eigenvalue weighted by molar-refractivity contribution is 7.13. The fourth-order valence-electron chi connectivity index (χ4n) is 4.57. The third-order valence-corrected chi connectivity index (χ3v) is 6.84. The van der Waals surface area contributed by atoms with Gasteiger partial charge >= 0.3 is 0 Å². The Bertz CT molecular complexity index is 1410. The molecule has 4 aromatic rings. The average molecular weight is 492 g/mol. The predicted octanol–water partition coefficient (Wildman–Crippen LogP) is 4.08. The number of nitrogens with one attached hydrogen (secondary N) is 1. The standard InChI is InChI=1S/C25H26FN7OS/c1-13-11-33(12-14(2)30-13)16-4-5-19-17(9-16)22(25-29-6-7-35-25)32-24(31-19)18-8-15(10-28-3)21(27)20(26)23(18)34/h4-10,13-14,30,34H,11-12,27H2,1-3H3. The maximum absolute atomic E-state index is 14.8. The van der Waals surface area contributed by atoms with Gasteiger partial charge in [0.25, 0.3) is 0 Å². The van der Waals surface area contributed by atoms with E-state index < -0.39 is 11.6 Å². The van der Waals surface area contributed by atoms with Gasteiger partial charge in [-0.3, -0.25) is 4.99 Å². The topological polar surface area (TPSA) is 113 Å². The van der Waals surface area contributed by atoms with Crippen LogP contribution in [0, 0.1) is 5.82 Å². The highest BCUT2D eigenvalue weighted by atomic mass is 32.1. The van der Waals surface area contributed by atoms with Crippen molar-refractivity contribution >= 4 is 39.8 Å². The van der Waals surface area contributed by atoms with Gasteiger partial charge in [0.05, 0.1) is 16.8 Å². The highest BCUT2D eigenvalue weighted by Gasteiger charge is 2.24. The maximum atomic E-state index is 14.8. The lowest BCUT2D eigenvalue weighted by molar-refractivity contribution is 0.407. The molecule has 180 valence electrons. The van der Waals surface area contributed by atoms with E-state index >= 15 is 0 Å². The lowest BCUT2D eigenvalue weighted by Gasteiger charge is -2.37.